The fourth-order valence-electron chi connectivity index (χ4n) is 2.19. The van der Waals surface area contributed by atoms with Gasteiger partial charge in [-0.05, 0) is 19.1 Å². The van der Waals surface area contributed by atoms with Gasteiger partial charge in [0.15, 0.2) is 0 Å². The Balaban J connectivity index is 1.86. The lowest BCUT2D eigenvalue weighted by Gasteiger charge is -2.29. The zero-order valence-corrected chi connectivity index (χ0v) is 12.9. The summed E-state index contributed by atoms with van der Waals surface area (Å²) < 4.78 is 5.30. The zero-order chi connectivity index (χ0) is 15.2. The number of ether oxygens (including phenoxy) is 1. The number of nitrogens with one attached hydrogen (secondary N) is 1. The van der Waals surface area contributed by atoms with Gasteiger partial charge in [-0.25, -0.2) is 0 Å². The molecule has 0 aliphatic carbocycles. The van der Waals surface area contributed by atoms with Crippen molar-refractivity contribution in [1.29, 1.82) is 0 Å². The van der Waals surface area contributed by atoms with E-state index in [9.17, 15) is 4.79 Å². The molecule has 0 radical (unpaired) electrons. The van der Waals surface area contributed by atoms with Gasteiger partial charge in [0.25, 0.3) is 5.91 Å². The van der Waals surface area contributed by atoms with E-state index in [1.807, 2.05) is 6.92 Å². The molecule has 1 saturated heterocycles. The van der Waals surface area contributed by atoms with Gasteiger partial charge in [0.05, 0.1) is 13.2 Å². The van der Waals surface area contributed by atoms with E-state index in [4.69, 9.17) is 22.7 Å². The van der Waals surface area contributed by atoms with Crippen LogP contribution in [0.3, 0.4) is 0 Å². The van der Waals surface area contributed by atoms with E-state index in [-0.39, 0.29) is 16.9 Å². The summed E-state index contributed by atoms with van der Waals surface area (Å²) in [6.45, 7) is 6.10. The van der Waals surface area contributed by atoms with Gasteiger partial charge >= 0.3 is 0 Å². The van der Waals surface area contributed by atoms with Crippen molar-refractivity contribution in [2.75, 3.05) is 32.8 Å². The van der Waals surface area contributed by atoms with Crippen molar-refractivity contribution in [3.8, 4) is 0 Å². The third-order valence-corrected chi connectivity index (χ3v) is 3.53. The molecule has 2 rings (SSSR count). The number of amides is 1. The SMILES string of the molecule is CC(CN1CCOCC1)NC(=O)c1ccc(C(N)=S)cn1. The van der Waals surface area contributed by atoms with Crippen molar-refractivity contribution in [2.24, 2.45) is 5.73 Å². The Bertz CT molecular complexity index is 500. The third-order valence-electron chi connectivity index (χ3n) is 3.29. The van der Waals surface area contributed by atoms with Gasteiger partial charge < -0.3 is 15.8 Å². The molecule has 1 unspecified atom stereocenters. The Morgan fingerprint density at radius 3 is 2.81 bits per heavy atom. The van der Waals surface area contributed by atoms with E-state index in [1.165, 1.54) is 6.20 Å². The second kappa shape index (κ2) is 7.44. The molecule has 6 nitrogen and oxygen atoms in total. The van der Waals surface area contributed by atoms with Gasteiger partial charge in [-0.15, -0.1) is 0 Å². The summed E-state index contributed by atoms with van der Waals surface area (Å²) in [5, 5.41) is 2.94. The second-order valence-electron chi connectivity index (χ2n) is 5.08. The summed E-state index contributed by atoms with van der Waals surface area (Å²) in [6, 6.07) is 3.38. The van der Waals surface area contributed by atoms with Crippen molar-refractivity contribution >= 4 is 23.1 Å². The molecule has 2 heterocycles. The molecule has 7 heteroatoms. The molecule has 1 amide bonds. The Hall–Kier alpha value is -1.57. The molecular formula is C14H20N4O2S. The van der Waals surface area contributed by atoms with Crippen molar-refractivity contribution in [1.82, 2.24) is 15.2 Å². The van der Waals surface area contributed by atoms with Crippen molar-refractivity contribution in [3.63, 3.8) is 0 Å². The van der Waals surface area contributed by atoms with E-state index in [0.717, 1.165) is 32.8 Å². The van der Waals surface area contributed by atoms with Gasteiger partial charge in [-0.1, -0.05) is 12.2 Å². The molecule has 1 aromatic heterocycles. The van der Waals surface area contributed by atoms with E-state index in [1.54, 1.807) is 12.1 Å². The molecule has 1 atom stereocenters. The maximum atomic E-state index is 12.1. The first kappa shape index (κ1) is 15.8. The number of pyridine rings is 1. The van der Waals surface area contributed by atoms with Crippen LogP contribution in [0.4, 0.5) is 0 Å². The van der Waals surface area contributed by atoms with Crippen molar-refractivity contribution in [2.45, 2.75) is 13.0 Å². The fourth-order valence-corrected chi connectivity index (χ4v) is 2.31. The van der Waals surface area contributed by atoms with Crippen LogP contribution in [0, 0.1) is 0 Å². The summed E-state index contributed by atoms with van der Waals surface area (Å²) in [5.74, 6) is -0.190. The predicted octanol–water partition coefficient (Wildman–Crippen LogP) is 0.166. The molecule has 114 valence electrons. The van der Waals surface area contributed by atoms with Crippen LogP contribution in [-0.2, 0) is 4.74 Å². The molecule has 0 spiro atoms. The summed E-state index contributed by atoms with van der Waals surface area (Å²) in [7, 11) is 0. The molecule has 0 aromatic carbocycles. The molecule has 3 N–H and O–H groups in total. The smallest absolute Gasteiger partial charge is 0.270 e. The van der Waals surface area contributed by atoms with Gasteiger partial charge in [0.1, 0.15) is 10.7 Å². The summed E-state index contributed by atoms with van der Waals surface area (Å²) in [6.07, 6.45) is 1.52. The number of aromatic nitrogens is 1. The molecular weight excluding hydrogens is 288 g/mol. The van der Waals surface area contributed by atoms with Gasteiger partial charge in [0, 0.05) is 37.4 Å². The summed E-state index contributed by atoms with van der Waals surface area (Å²) in [5.41, 5.74) is 6.52. The van der Waals surface area contributed by atoms with Crippen LogP contribution in [-0.4, -0.2) is 59.7 Å². The van der Waals surface area contributed by atoms with Crippen LogP contribution < -0.4 is 11.1 Å². The fraction of sp³-hybridized carbons (Fsp3) is 0.500. The number of carbonyl (C=O) groups is 1. The van der Waals surface area contributed by atoms with Crippen LogP contribution in [0.25, 0.3) is 0 Å². The van der Waals surface area contributed by atoms with Crippen molar-refractivity contribution in [3.05, 3.63) is 29.6 Å². The number of hydrogen-bond acceptors (Lipinski definition) is 5. The molecule has 1 fully saturated rings. The first-order chi connectivity index (χ1) is 10.1. The van der Waals surface area contributed by atoms with Crippen LogP contribution in [0.5, 0.6) is 0 Å². The Morgan fingerprint density at radius 1 is 1.52 bits per heavy atom. The van der Waals surface area contributed by atoms with Crippen LogP contribution in [0.2, 0.25) is 0 Å². The number of rotatable bonds is 5. The second-order valence-corrected chi connectivity index (χ2v) is 5.52. The average Bonchev–Trinajstić information content (AvgIpc) is 2.48. The minimum Gasteiger partial charge on any atom is -0.389 e. The number of carbonyl (C=O) groups excluding carboxylic acids is 1. The standard InChI is InChI=1S/C14H20N4O2S/c1-10(9-18-4-6-20-7-5-18)17-14(19)12-3-2-11(8-16-12)13(15)21/h2-3,8,10H,4-7,9H2,1H3,(H2,15,21)(H,17,19). The minimum atomic E-state index is -0.190. The molecule has 21 heavy (non-hydrogen) atoms. The lowest BCUT2D eigenvalue weighted by atomic mass is 10.2. The maximum Gasteiger partial charge on any atom is 0.270 e. The van der Waals surface area contributed by atoms with Crippen LogP contribution in [0.15, 0.2) is 18.3 Å². The van der Waals surface area contributed by atoms with E-state index in [0.29, 0.717) is 11.3 Å². The Labute approximate surface area is 129 Å². The minimum absolute atomic E-state index is 0.0488. The lowest BCUT2D eigenvalue weighted by molar-refractivity contribution is 0.0342. The lowest BCUT2D eigenvalue weighted by Crippen LogP contribution is -2.46. The zero-order valence-electron chi connectivity index (χ0n) is 12.0. The Kier molecular flexibility index (Phi) is 5.60. The summed E-state index contributed by atoms with van der Waals surface area (Å²) in [4.78, 5) is 18.7. The van der Waals surface area contributed by atoms with Crippen LogP contribution in [0.1, 0.15) is 23.0 Å². The van der Waals surface area contributed by atoms with Gasteiger partial charge in [-0.3, -0.25) is 14.7 Å². The monoisotopic (exact) mass is 308 g/mol. The predicted molar refractivity (Wildman–Crippen MR) is 84.3 cm³/mol. The number of nitrogens with zero attached hydrogens (tertiary/aromatic N) is 2. The first-order valence-electron chi connectivity index (χ1n) is 6.93. The highest BCUT2D eigenvalue weighted by molar-refractivity contribution is 7.80. The largest absolute Gasteiger partial charge is 0.389 e. The Morgan fingerprint density at radius 2 is 2.24 bits per heavy atom. The van der Waals surface area contributed by atoms with Gasteiger partial charge in [-0.2, -0.15) is 0 Å². The summed E-state index contributed by atoms with van der Waals surface area (Å²) >= 11 is 4.85. The van der Waals surface area contributed by atoms with E-state index < -0.39 is 0 Å². The first-order valence-corrected chi connectivity index (χ1v) is 7.34. The molecule has 1 aliphatic heterocycles. The molecule has 1 aliphatic rings. The number of nitrogens with two attached hydrogens (primary N) is 1. The number of morpholine rings is 1. The number of thiocarbonyl (C=S) groups is 1. The highest BCUT2D eigenvalue weighted by atomic mass is 32.1. The normalized spacial score (nSPS) is 17.2. The average molecular weight is 308 g/mol. The maximum absolute atomic E-state index is 12.1. The highest BCUT2D eigenvalue weighted by Crippen LogP contribution is 2.02. The third kappa shape index (κ3) is 4.73. The molecule has 1 aromatic rings. The molecule has 0 saturated carbocycles. The van der Waals surface area contributed by atoms with Gasteiger partial charge in [0.2, 0.25) is 0 Å². The topological polar surface area (TPSA) is 80.5 Å². The van der Waals surface area contributed by atoms with Crippen LogP contribution >= 0.6 is 12.2 Å². The number of hydrogen-bond donors (Lipinski definition) is 2. The van der Waals surface area contributed by atoms with Crippen molar-refractivity contribution < 1.29 is 9.53 Å². The quantitative estimate of drug-likeness (QED) is 0.755. The van der Waals surface area contributed by atoms with E-state index in [2.05, 4.69) is 15.2 Å². The van der Waals surface area contributed by atoms with E-state index >= 15 is 0 Å². The molecule has 0 bridgehead atoms. The highest BCUT2D eigenvalue weighted by Gasteiger charge is 2.16.